The molecule has 0 bridgehead atoms. The van der Waals surface area contributed by atoms with E-state index in [0.29, 0.717) is 11.1 Å². The van der Waals surface area contributed by atoms with E-state index in [0.717, 1.165) is 17.7 Å². The molecule has 0 radical (unpaired) electrons. The molecule has 0 amide bonds. The number of alkyl halides is 3. The molecule has 1 aliphatic rings. The number of halogens is 4. The normalized spacial score (nSPS) is 17.5. The molecular formula is C16H13ClF3N3O. The van der Waals surface area contributed by atoms with Crippen LogP contribution in [0.2, 0.25) is 5.02 Å². The molecule has 0 spiro atoms. The Bertz CT molecular complexity index is 821. The summed E-state index contributed by atoms with van der Waals surface area (Å²) in [4.78, 5) is 0. The van der Waals surface area contributed by atoms with Gasteiger partial charge in [0.15, 0.2) is 0 Å². The topological polar surface area (TPSA) is 73.6 Å². The van der Waals surface area contributed by atoms with Crippen molar-refractivity contribution < 1.29 is 17.9 Å². The van der Waals surface area contributed by atoms with Crippen LogP contribution in [0.15, 0.2) is 41.5 Å². The number of hydrogen-bond acceptors (Lipinski definition) is 3. The van der Waals surface area contributed by atoms with E-state index in [-0.39, 0.29) is 23.0 Å². The van der Waals surface area contributed by atoms with Crippen LogP contribution in [0.4, 0.5) is 13.2 Å². The molecule has 2 aromatic carbocycles. The SMILES string of the molecule is N/N=C(\N)c1cccc(C2Cc3cc(C(F)(F)F)cc(Cl)c3O2)c1. The van der Waals surface area contributed by atoms with Gasteiger partial charge in [-0.05, 0) is 23.8 Å². The van der Waals surface area contributed by atoms with Crippen LogP contribution in [0.25, 0.3) is 0 Å². The first-order valence-electron chi connectivity index (χ1n) is 6.99. The minimum atomic E-state index is -4.46. The molecule has 0 aromatic heterocycles. The summed E-state index contributed by atoms with van der Waals surface area (Å²) in [5, 5.41) is 3.37. The van der Waals surface area contributed by atoms with E-state index < -0.39 is 17.8 Å². The van der Waals surface area contributed by atoms with Crippen molar-refractivity contribution in [3.63, 3.8) is 0 Å². The zero-order valence-corrected chi connectivity index (χ0v) is 13.0. The number of rotatable bonds is 2. The summed E-state index contributed by atoms with van der Waals surface area (Å²) in [6.07, 6.45) is -4.63. The van der Waals surface area contributed by atoms with Gasteiger partial charge in [-0.1, -0.05) is 29.8 Å². The highest BCUT2D eigenvalue weighted by Gasteiger charge is 2.35. The van der Waals surface area contributed by atoms with Crippen molar-refractivity contribution in [3.05, 3.63) is 63.7 Å². The average molecular weight is 356 g/mol. The highest BCUT2D eigenvalue weighted by molar-refractivity contribution is 6.32. The van der Waals surface area contributed by atoms with E-state index in [1.807, 2.05) is 0 Å². The average Bonchev–Trinajstić information content (AvgIpc) is 2.98. The van der Waals surface area contributed by atoms with Gasteiger partial charge in [0.05, 0.1) is 10.6 Å². The fraction of sp³-hybridized carbons (Fsp3) is 0.188. The van der Waals surface area contributed by atoms with Gasteiger partial charge in [-0.3, -0.25) is 0 Å². The Labute approximate surface area is 140 Å². The van der Waals surface area contributed by atoms with Gasteiger partial charge in [0.1, 0.15) is 17.7 Å². The molecule has 1 unspecified atom stereocenters. The van der Waals surface area contributed by atoms with E-state index in [1.54, 1.807) is 24.3 Å². The molecule has 4 nitrogen and oxygen atoms in total. The first kappa shape index (κ1) is 16.4. The van der Waals surface area contributed by atoms with Crippen LogP contribution in [0, 0.1) is 0 Å². The smallest absolute Gasteiger partial charge is 0.416 e. The van der Waals surface area contributed by atoms with Crippen LogP contribution >= 0.6 is 11.6 Å². The molecule has 0 saturated heterocycles. The second-order valence-corrected chi connectivity index (χ2v) is 5.80. The van der Waals surface area contributed by atoms with Gasteiger partial charge in [0, 0.05) is 17.5 Å². The summed E-state index contributed by atoms with van der Waals surface area (Å²) >= 11 is 5.96. The molecule has 2 aromatic rings. The molecule has 4 N–H and O–H groups in total. The molecule has 3 rings (SSSR count). The van der Waals surface area contributed by atoms with Crippen LogP contribution in [0.3, 0.4) is 0 Å². The lowest BCUT2D eigenvalue weighted by molar-refractivity contribution is -0.137. The number of benzene rings is 2. The Hall–Kier alpha value is -2.41. The maximum atomic E-state index is 12.9. The number of hydrazone groups is 1. The molecule has 1 atom stereocenters. The van der Waals surface area contributed by atoms with E-state index in [2.05, 4.69) is 5.10 Å². The van der Waals surface area contributed by atoms with Gasteiger partial charge in [0.25, 0.3) is 0 Å². The summed E-state index contributed by atoms with van der Waals surface area (Å²) in [6.45, 7) is 0. The molecule has 8 heteroatoms. The van der Waals surface area contributed by atoms with Gasteiger partial charge in [-0.15, -0.1) is 0 Å². The Morgan fingerprint density at radius 3 is 2.67 bits per heavy atom. The fourth-order valence-corrected chi connectivity index (χ4v) is 2.92. The van der Waals surface area contributed by atoms with Crippen LogP contribution in [-0.4, -0.2) is 5.84 Å². The Morgan fingerprint density at radius 1 is 1.25 bits per heavy atom. The Morgan fingerprint density at radius 2 is 2.00 bits per heavy atom. The third-order valence-corrected chi connectivity index (χ3v) is 4.09. The van der Waals surface area contributed by atoms with Crippen molar-refractivity contribution >= 4 is 17.4 Å². The van der Waals surface area contributed by atoms with Gasteiger partial charge >= 0.3 is 6.18 Å². The van der Waals surface area contributed by atoms with Crippen LogP contribution in [0.5, 0.6) is 5.75 Å². The highest BCUT2D eigenvalue weighted by Crippen LogP contribution is 2.44. The minimum Gasteiger partial charge on any atom is -0.484 e. The largest absolute Gasteiger partial charge is 0.484 e. The van der Waals surface area contributed by atoms with E-state index >= 15 is 0 Å². The summed E-state index contributed by atoms with van der Waals surface area (Å²) in [6, 6.07) is 8.95. The Balaban J connectivity index is 1.93. The van der Waals surface area contributed by atoms with Gasteiger partial charge in [0.2, 0.25) is 0 Å². The quantitative estimate of drug-likeness (QED) is 0.374. The predicted octanol–water partition coefficient (Wildman–Crippen LogP) is 3.61. The number of nitrogens with two attached hydrogens (primary N) is 2. The second-order valence-electron chi connectivity index (χ2n) is 5.39. The predicted molar refractivity (Wildman–Crippen MR) is 84.9 cm³/mol. The van der Waals surface area contributed by atoms with Crippen LogP contribution in [-0.2, 0) is 12.6 Å². The summed E-state index contributed by atoms with van der Waals surface area (Å²) in [5.74, 6) is 5.60. The van der Waals surface area contributed by atoms with Crippen molar-refractivity contribution in [3.8, 4) is 5.75 Å². The summed E-state index contributed by atoms with van der Waals surface area (Å²) < 4.78 is 44.4. The third kappa shape index (κ3) is 2.99. The lowest BCUT2D eigenvalue weighted by Crippen LogP contribution is -2.16. The lowest BCUT2D eigenvalue weighted by Gasteiger charge is -2.13. The summed E-state index contributed by atoms with van der Waals surface area (Å²) in [5.41, 5.74) is 6.67. The van der Waals surface area contributed by atoms with Gasteiger partial charge in [-0.2, -0.15) is 18.3 Å². The van der Waals surface area contributed by atoms with Crippen LogP contribution < -0.4 is 16.3 Å². The van der Waals surface area contributed by atoms with Gasteiger partial charge < -0.3 is 16.3 Å². The van der Waals surface area contributed by atoms with Crippen molar-refractivity contribution in [1.82, 2.24) is 0 Å². The van der Waals surface area contributed by atoms with E-state index in [9.17, 15) is 13.2 Å². The van der Waals surface area contributed by atoms with Gasteiger partial charge in [-0.25, -0.2) is 0 Å². The maximum Gasteiger partial charge on any atom is 0.416 e. The molecule has 1 heterocycles. The zero-order valence-electron chi connectivity index (χ0n) is 12.3. The highest BCUT2D eigenvalue weighted by atomic mass is 35.5. The van der Waals surface area contributed by atoms with E-state index in [4.69, 9.17) is 27.9 Å². The fourth-order valence-electron chi connectivity index (χ4n) is 2.64. The van der Waals surface area contributed by atoms with Crippen molar-refractivity contribution in [2.75, 3.05) is 0 Å². The zero-order chi connectivity index (χ0) is 17.5. The summed E-state index contributed by atoms with van der Waals surface area (Å²) in [7, 11) is 0. The second kappa shape index (κ2) is 5.90. The number of amidine groups is 1. The molecule has 24 heavy (non-hydrogen) atoms. The first-order chi connectivity index (χ1) is 11.3. The number of nitrogens with zero attached hydrogens (tertiary/aromatic N) is 1. The van der Waals surface area contributed by atoms with Crippen molar-refractivity contribution in [2.45, 2.75) is 18.7 Å². The minimum absolute atomic E-state index is 0.0542. The standard InChI is InChI=1S/C16H13ClF3N3O/c17-12-7-11(16(18,19)20)5-10-6-13(24-14(10)12)8-2-1-3-9(4-8)15(21)23-22/h1-5,7,13H,6,22H2,(H2,21,23). The lowest BCUT2D eigenvalue weighted by atomic mass is 10.00. The van der Waals surface area contributed by atoms with Crippen molar-refractivity contribution in [2.24, 2.45) is 16.7 Å². The van der Waals surface area contributed by atoms with Crippen LogP contribution in [0.1, 0.15) is 28.4 Å². The number of hydrogen-bond donors (Lipinski definition) is 2. The number of ether oxygens (including phenoxy) is 1. The molecule has 0 aliphatic carbocycles. The molecule has 0 fully saturated rings. The molecule has 1 aliphatic heterocycles. The Kier molecular flexibility index (Phi) is 4.04. The molecular weight excluding hydrogens is 343 g/mol. The number of fused-ring (bicyclic) bond motifs is 1. The molecule has 0 saturated carbocycles. The first-order valence-corrected chi connectivity index (χ1v) is 7.37. The van der Waals surface area contributed by atoms with E-state index in [1.165, 1.54) is 0 Å². The third-order valence-electron chi connectivity index (χ3n) is 3.81. The van der Waals surface area contributed by atoms with Crippen molar-refractivity contribution in [1.29, 1.82) is 0 Å². The monoisotopic (exact) mass is 355 g/mol. The maximum absolute atomic E-state index is 12.9. The molecule has 126 valence electrons.